The number of thioether (sulfide) groups is 1. The molecular formula is C21H19N3OS. The molecule has 2 aromatic rings. The molecule has 0 spiro atoms. The van der Waals surface area contributed by atoms with Gasteiger partial charge in [-0.2, -0.15) is 0 Å². The van der Waals surface area contributed by atoms with Crippen molar-refractivity contribution >= 4 is 28.5 Å². The van der Waals surface area contributed by atoms with Gasteiger partial charge in [-0.15, -0.1) is 0 Å². The van der Waals surface area contributed by atoms with Gasteiger partial charge in [0.15, 0.2) is 5.17 Å². The predicted octanol–water partition coefficient (Wildman–Crippen LogP) is 4.92. The predicted molar refractivity (Wildman–Crippen MR) is 108 cm³/mol. The number of hydrogen-bond donors (Lipinski definition) is 1. The zero-order valence-electron chi connectivity index (χ0n) is 14.6. The Labute approximate surface area is 157 Å². The van der Waals surface area contributed by atoms with E-state index in [0.29, 0.717) is 5.57 Å². The summed E-state index contributed by atoms with van der Waals surface area (Å²) in [4.78, 5) is 20.0. The molecule has 0 saturated heterocycles. The summed E-state index contributed by atoms with van der Waals surface area (Å²) in [7, 11) is 0. The van der Waals surface area contributed by atoms with Gasteiger partial charge in [-0.05, 0) is 37.0 Å². The Bertz CT molecular complexity index is 932. The highest BCUT2D eigenvalue weighted by molar-refractivity contribution is 8.16. The SMILES string of the molecule is CC1=CSC2=NC(C)=C(C(=O)Nc3ccccc3)[C@@H](c3ccccc3)N12. The van der Waals surface area contributed by atoms with Crippen LogP contribution < -0.4 is 5.32 Å². The first-order chi connectivity index (χ1) is 12.6. The lowest BCUT2D eigenvalue weighted by atomic mass is 9.93. The van der Waals surface area contributed by atoms with E-state index in [4.69, 9.17) is 0 Å². The Hall–Kier alpha value is -2.79. The van der Waals surface area contributed by atoms with Gasteiger partial charge in [0.05, 0.1) is 17.3 Å². The number of nitrogens with one attached hydrogen (secondary N) is 1. The second kappa shape index (κ2) is 6.84. The fourth-order valence-electron chi connectivity index (χ4n) is 3.29. The average molecular weight is 361 g/mol. The largest absolute Gasteiger partial charge is 0.322 e. The maximum atomic E-state index is 13.2. The van der Waals surface area contributed by atoms with Gasteiger partial charge in [-0.1, -0.05) is 60.3 Å². The fourth-order valence-corrected chi connectivity index (χ4v) is 4.23. The van der Waals surface area contributed by atoms with Crippen molar-refractivity contribution in [1.82, 2.24) is 4.90 Å². The van der Waals surface area contributed by atoms with Crippen LogP contribution in [-0.2, 0) is 4.79 Å². The van der Waals surface area contributed by atoms with E-state index in [9.17, 15) is 4.79 Å². The standard InChI is InChI=1S/C21H19N3OS/c1-14-13-26-21-22-15(2)18(20(25)23-17-11-7-4-8-12-17)19(24(14)21)16-9-5-3-6-10-16/h3-13,19H,1-2H3,(H,23,25)/t19-/m1/s1. The highest BCUT2D eigenvalue weighted by Crippen LogP contribution is 2.43. The van der Waals surface area contributed by atoms with Gasteiger partial charge in [-0.25, -0.2) is 4.99 Å². The molecule has 0 radical (unpaired) electrons. The van der Waals surface area contributed by atoms with E-state index >= 15 is 0 Å². The average Bonchev–Trinajstić information content (AvgIpc) is 3.02. The Kier molecular flexibility index (Phi) is 4.39. The first kappa shape index (κ1) is 16.7. The fraction of sp³-hybridized carbons (Fsp3) is 0.143. The van der Waals surface area contributed by atoms with Crippen LogP contribution >= 0.6 is 11.8 Å². The van der Waals surface area contributed by atoms with E-state index in [1.54, 1.807) is 11.8 Å². The minimum absolute atomic E-state index is 0.116. The summed E-state index contributed by atoms with van der Waals surface area (Å²) in [6, 6.07) is 19.5. The maximum absolute atomic E-state index is 13.2. The van der Waals surface area contributed by atoms with Gasteiger partial charge in [0, 0.05) is 11.4 Å². The van der Waals surface area contributed by atoms with Crippen molar-refractivity contribution in [2.24, 2.45) is 4.99 Å². The van der Waals surface area contributed by atoms with E-state index in [1.165, 1.54) is 0 Å². The van der Waals surface area contributed by atoms with Crippen LogP contribution in [-0.4, -0.2) is 16.0 Å². The summed E-state index contributed by atoms with van der Waals surface area (Å²) < 4.78 is 0. The van der Waals surface area contributed by atoms with Gasteiger partial charge in [0.1, 0.15) is 0 Å². The molecule has 1 N–H and O–H groups in total. The van der Waals surface area contributed by atoms with Crippen molar-refractivity contribution in [1.29, 1.82) is 0 Å². The summed E-state index contributed by atoms with van der Waals surface area (Å²) >= 11 is 1.60. The molecule has 2 aromatic carbocycles. The van der Waals surface area contributed by atoms with Crippen LogP contribution in [0, 0.1) is 0 Å². The molecule has 0 aromatic heterocycles. The number of nitrogens with zero attached hydrogens (tertiary/aromatic N) is 2. The Morgan fingerprint density at radius 3 is 2.38 bits per heavy atom. The van der Waals surface area contributed by atoms with E-state index in [2.05, 4.69) is 39.7 Å². The molecule has 0 unspecified atom stereocenters. The Balaban J connectivity index is 1.78. The van der Waals surface area contributed by atoms with Crippen LogP contribution in [0.3, 0.4) is 0 Å². The summed E-state index contributed by atoms with van der Waals surface area (Å²) in [5.41, 5.74) is 4.39. The van der Waals surface area contributed by atoms with Crippen LogP contribution in [0.5, 0.6) is 0 Å². The molecule has 0 aliphatic carbocycles. The molecule has 130 valence electrons. The number of allylic oxidation sites excluding steroid dienone is 2. The van der Waals surface area contributed by atoms with E-state index < -0.39 is 0 Å². The normalized spacial score (nSPS) is 19.0. The highest BCUT2D eigenvalue weighted by Gasteiger charge is 2.38. The van der Waals surface area contributed by atoms with E-state index in [-0.39, 0.29) is 11.9 Å². The van der Waals surface area contributed by atoms with Crippen molar-refractivity contribution in [2.45, 2.75) is 19.9 Å². The number of amidine groups is 1. The third-order valence-electron chi connectivity index (χ3n) is 4.50. The van der Waals surface area contributed by atoms with E-state index in [0.717, 1.165) is 27.8 Å². The third kappa shape index (κ3) is 2.95. The maximum Gasteiger partial charge on any atom is 0.255 e. The minimum Gasteiger partial charge on any atom is -0.322 e. The smallest absolute Gasteiger partial charge is 0.255 e. The van der Waals surface area contributed by atoms with Crippen LogP contribution in [0.25, 0.3) is 0 Å². The number of para-hydroxylation sites is 1. The number of aliphatic imine (C=N–C) groups is 1. The van der Waals surface area contributed by atoms with Crippen LogP contribution in [0.2, 0.25) is 0 Å². The Morgan fingerprint density at radius 2 is 1.69 bits per heavy atom. The quantitative estimate of drug-likeness (QED) is 0.844. The number of rotatable bonds is 3. The number of fused-ring (bicyclic) bond motifs is 1. The van der Waals surface area contributed by atoms with Crippen molar-refractivity contribution in [2.75, 3.05) is 5.32 Å². The molecule has 4 nitrogen and oxygen atoms in total. The molecule has 4 rings (SSSR count). The number of anilines is 1. The molecule has 0 saturated carbocycles. The Morgan fingerprint density at radius 1 is 1.04 bits per heavy atom. The molecule has 1 amide bonds. The summed E-state index contributed by atoms with van der Waals surface area (Å²) in [6.45, 7) is 3.97. The summed E-state index contributed by atoms with van der Waals surface area (Å²) in [6.07, 6.45) is 0. The van der Waals surface area contributed by atoms with Gasteiger partial charge in [0.2, 0.25) is 0 Å². The number of amides is 1. The summed E-state index contributed by atoms with van der Waals surface area (Å²) in [5.74, 6) is -0.116. The lowest BCUT2D eigenvalue weighted by molar-refractivity contribution is -0.113. The van der Waals surface area contributed by atoms with Crippen molar-refractivity contribution in [3.05, 3.63) is 88.6 Å². The molecule has 2 aliphatic heterocycles. The lowest BCUT2D eigenvalue weighted by Gasteiger charge is -2.36. The van der Waals surface area contributed by atoms with Crippen LogP contribution in [0.1, 0.15) is 25.5 Å². The second-order valence-corrected chi connectivity index (χ2v) is 7.11. The molecular weight excluding hydrogens is 342 g/mol. The van der Waals surface area contributed by atoms with Crippen LogP contribution in [0.15, 0.2) is 88.0 Å². The minimum atomic E-state index is -0.182. The van der Waals surface area contributed by atoms with Gasteiger partial charge in [-0.3, -0.25) is 4.79 Å². The number of hydrogen-bond acceptors (Lipinski definition) is 4. The van der Waals surface area contributed by atoms with Gasteiger partial charge >= 0.3 is 0 Å². The molecule has 5 heteroatoms. The lowest BCUT2D eigenvalue weighted by Crippen LogP contribution is -2.37. The zero-order valence-corrected chi connectivity index (χ0v) is 15.5. The molecule has 2 aliphatic rings. The number of carbonyl (C=O) groups is 1. The van der Waals surface area contributed by atoms with Crippen molar-refractivity contribution < 1.29 is 4.79 Å². The van der Waals surface area contributed by atoms with Gasteiger partial charge in [0.25, 0.3) is 5.91 Å². The van der Waals surface area contributed by atoms with Crippen molar-refractivity contribution in [3.8, 4) is 0 Å². The molecule has 0 fully saturated rings. The first-order valence-electron chi connectivity index (χ1n) is 8.48. The number of carbonyl (C=O) groups excluding carboxylic acids is 1. The van der Waals surface area contributed by atoms with Crippen molar-refractivity contribution in [3.63, 3.8) is 0 Å². The highest BCUT2D eigenvalue weighted by atomic mass is 32.2. The molecule has 26 heavy (non-hydrogen) atoms. The third-order valence-corrected chi connectivity index (χ3v) is 5.46. The monoisotopic (exact) mass is 361 g/mol. The zero-order chi connectivity index (χ0) is 18.1. The molecule has 0 bridgehead atoms. The topological polar surface area (TPSA) is 44.7 Å². The van der Waals surface area contributed by atoms with E-state index in [1.807, 2.05) is 55.5 Å². The molecule has 2 heterocycles. The second-order valence-electron chi connectivity index (χ2n) is 6.27. The first-order valence-corrected chi connectivity index (χ1v) is 9.36. The van der Waals surface area contributed by atoms with Crippen LogP contribution in [0.4, 0.5) is 5.69 Å². The number of benzene rings is 2. The van der Waals surface area contributed by atoms with Gasteiger partial charge < -0.3 is 10.2 Å². The summed E-state index contributed by atoms with van der Waals surface area (Å²) in [5, 5.41) is 6.02. The molecule has 1 atom stereocenters.